The summed E-state index contributed by atoms with van der Waals surface area (Å²) in [5.74, 6) is 0.775. The van der Waals surface area contributed by atoms with Crippen LogP contribution in [0.15, 0.2) is 18.2 Å². The highest BCUT2D eigenvalue weighted by molar-refractivity contribution is 6.32. The van der Waals surface area contributed by atoms with Gasteiger partial charge in [-0.05, 0) is 57.9 Å². The first-order valence-electron chi connectivity index (χ1n) is 6.69. The Morgan fingerprint density at radius 2 is 2.06 bits per heavy atom. The highest BCUT2D eigenvalue weighted by Gasteiger charge is 2.11. The quantitative estimate of drug-likeness (QED) is 0.801. The fraction of sp³-hybridized carbons (Fsp3) is 0.600. The average molecular weight is 270 g/mol. The summed E-state index contributed by atoms with van der Waals surface area (Å²) in [6, 6.07) is 6.36. The lowest BCUT2D eigenvalue weighted by Gasteiger charge is -2.20. The molecule has 0 aliphatic carbocycles. The van der Waals surface area contributed by atoms with E-state index in [0.717, 1.165) is 30.7 Å². The van der Waals surface area contributed by atoms with Gasteiger partial charge in [-0.15, -0.1) is 0 Å². The predicted octanol–water partition coefficient (Wildman–Crippen LogP) is 4.19. The van der Waals surface area contributed by atoms with Crippen molar-refractivity contribution in [2.75, 3.05) is 6.54 Å². The van der Waals surface area contributed by atoms with Crippen LogP contribution in [0.3, 0.4) is 0 Å². The van der Waals surface area contributed by atoms with Crippen LogP contribution in [0.1, 0.15) is 39.2 Å². The number of hydrogen-bond donors (Lipinski definition) is 1. The van der Waals surface area contributed by atoms with E-state index in [1.165, 1.54) is 0 Å². The molecular formula is C15H24ClNO. The van der Waals surface area contributed by atoms with Gasteiger partial charge in [-0.1, -0.05) is 24.6 Å². The summed E-state index contributed by atoms with van der Waals surface area (Å²) < 4.78 is 5.88. The molecule has 0 bridgehead atoms. The summed E-state index contributed by atoms with van der Waals surface area (Å²) in [4.78, 5) is 0. The van der Waals surface area contributed by atoms with Crippen LogP contribution in [0.25, 0.3) is 0 Å². The molecule has 2 nitrogen and oxygen atoms in total. The molecule has 0 amide bonds. The lowest BCUT2D eigenvalue weighted by atomic mass is 10.1. The fourth-order valence-electron chi connectivity index (χ4n) is 1.94. The van der Waals surface area contributed by atoms with Crippen molar-refractivity contribution in [3.63, 3.8) is 0 Å². The maximum atomic E-state index is 6.15. The van der Waals surface area contributed by atoms with Gasteiger partial charge in [0.1, 0.15) is 5.75 Å². The van der Waals surface area contributed by atoms with Gasteiger partial charge >= 0.3 is 0 Å². The second kappa shape index (κ2) is 7.65. The lowest BCUT2D eigenvalue weighted by molar-refractivity contribution is 0.196. The summed E-state index contributed by atoms with van der Waals surface area (Å²) in [6.07, 6.45) is 2.29. The van der Waals surface area contributed by atoms with Gasteiger partial charge in [0.25, 0.3) is 0 Å². The fourth-order valence-corrected chi connectivity index (χ4v) is 2.22. The molecule has 1 aromatic rings. The Morgan fingerprint density at radius 3 is 2.67 bits per heavy atom. The van der Waals surface area contributed by atoms with E-state index >= 15 is 0 Å². The van der Waals surface area contributed by atoms with Gasteiger partial charge in [0.15, 0.2) is 0 Å². The predicted molar refractivity (Wildman–Crippen MR) is 78.7 cm³/mol. The van der Waals surface area contributed by atoms with E-state index in [1.807, 2.05) is 25.1 Å². The third-order valence-corrected chi connectivity index (χ3v) is 3.14. The minimum absolute atomic E-state index is 0.157. The summed E-state index contributed by atoms with van der Waals surface area (Å²) in [5.41, 5.74) is 1.15. The standard InChI is InChI=1S/C15H24ClNO/c1-5-8-17-12(3)10-13(4)18-15-7-6-11(2)9-14(15)16/h6-7,9,12-13,17H,5,8,10H2,1-4H3. The van der Waals surface area contributed by atoms with Crippen LogP contribution >= 0.6 is 11.6 Å². The Hall–Kier alpha value is -0.730. The normalized spacial score (nSPS) is 14.3. The van der Waals surface area contributed by atoms with Crippen molar-refractivity contribution in [3.8, 4) is 5.75 Å². The third-order valence-electron chi connectivity index (χ3n) is 2.84. The summed E-state index contributed by atoms with van der Waals surface area (Å²) in [7, 11) is 0. The maximum absolute atomic E-state index is 6.15. The van der Waals surface area contributed by atoms with Crippen molar-refractivity contribution in [1.29, 1.82) is 0 Å². The number of rotatable bonds is 7. The van der Waals surface area contributed by atoms with Gasteiger partial charge in [-0.25, -0.2) is 0 Å². The molecule has 0 aliphatic heterocycles. The van der Waals surface area contributed by atoms with Crippen molar-refractivity contribution in [1.82, 2.24) is 5.32 Å². The van der Waals surface area contributed by atoms with E-state index in [4.69, 9.17) is 16.3 Å². The summed E-state index contributed by atoms with van der Waals surface area (Å²) >= 11 is 6.15. The molecule has 0 fully saturated rings. The smallest absolute Gasteiger partial charge is 0.138 e. The van der Waals surface area contributed by atoms with E-state index in [0.29, 0.717) is 11.1 Å². The van der Waals surface area contributed by atoms with Gasteiger partial charge in [0.05, 0.1) is 11.1 Å². The Labute approximate surface area is 116 Å². The summed E-state index contributed by atoms with van der Waals surface area (Å²) in [5, 5.41) is 4.15. The highest BCUT2D eigenvalue weighted by atomic mass is 35.5. The maximum Gasteiger partial charge on any atom is 0.138 e. The minimum Gasteiger partial charge on any atom is -0.489 e. The molecular weight excluding hydrogens is 246 g/mol. The molecule has 0 heterocycles. The van der Waals surface area contributed by atoms with Crippen LogP contribution < -0.4 is 10.1 Å². The number of halogens is 1. The molecule has 0 aromatic heterocycles. The molecule has 0 aliphatic rings. The van der Waals surface area contributed by atoms with Crippen molar-refractivity contribution < 1.29 is 4.74 Å². The zero-order valence-electron chi connectivity index (χ0n) is 11.8. The topological polar surface area (TPSA) is 21.3 Å². The van der Waals surface area contributed by atoms with Crippen LogP contribution in [-0.4, -0.2) is 18.7 Å². The first-order valence-corrected chi connectivity index (χ1v) is 7.07. The van der Waals surface area contributed by atoms with Crippen LogP contribution in [0.5, 0.6) is 5.75 Å². The molecule has 0 saturated heterocycles. The molecule has 0 radical (unpaired) electrons. The molecule has 2 atom stereocenters. The SMILES string of the molecule is CCCNC(C)CC(C)Oc1ccc(C)cc1Cl. The minimum atomic E-state index is 0.157. The second-order valence-corrected chi connectivity index (χ2v) is 5.36. The molecule has 2 unspecified atom stereocenters. The van der Waals surface area contributed by atoms with Gasteiger partial charge < -0.3 is 10.1 Å². The Morgan fingerprint density at radius 1 is 1.33 bits per heavy atom. The first-order chi connectivity index (χ1) is 8.52. The van der Waals surface area contributed by atoms with Crippen LogP contribution in [0.2, 0.25) is 5.02 Å². The second-order valence-electron chi connectivity index (χ2n) is 4.95. The van der Waals surface area contributed by atoms with E-state index in [1.54, 1.807) is 0 Å². The van der Waals surface area contributed by atoms with E-state index in [2.05, 4.69) is 26.1 Å². The van der Waals surface area contributed by atoms with Crippen molar-refractivity contribution in [2.45, 2.75) is 52.7 Å². The number of aryl methyl sites for hydroxylation is 1. The molecule has 1 N–H and O–H groups in total. The zero-order chi connectivity index (χ0) is 13.5. The molecule has 0 saturated carbocycles. The number of ether oxygens (including phenoxy) is 1. The van der Waals surface area contributed by atoms with Crippen molar-refractivity contribution in [3.05, 3.63) is 28.8 Å². The van der Waals surface area contributed by atoms with Gasteiger partial charge in [0.2, 0.25) is 0 Å². The largest absolute Gasteiger partial charge is 0.489 e. The van der Waals surface area contributed by atoms with E-state index < -0.39 is 0 Å². The van der Waals surface area contributed by atoms with Crippen LogP contribution in [0, 0.1) is 6.92 Å². The number of hydrogen-bond acceptors (Lipinski definition) is 2. The average Bonchev–Trinajstić information content (AvgIpc) is 2.30. The third kappa shape index (κ3) is 5.28. The lowest BCUT2D eigenvalue weighted by Crippen LogP contribution is -2.31. The molecule has 1 rings (SSSR count). The Balaban J connectivity index is 2.46. The van der Waals surface area contributed by atoms with Crippen molar-refractivity contribution >= 4 is 11.6 Å². The Bertz CT molecular complexity index is 368. The molecule has 102 valence electrons. The van der Waals surface area contributed by atoms with Crippen LogP contribution in [-0.2, 0) is 0 Å². The zero-order valence-corrected chi connectivity index (χ0v) is 12.6. The van der Waals surface area contributed by atoms with Gasteiger partial charge in [-0.3, -0.25) is 0 Å². The molecule has 18 heavy (non-hydrogen) atoms. The van der Waals surface area contributed by atoms with Crippen LogP contribution in [0.4, 0.5) is 0 Å². The number of nitrogens with one attached hydrogen (secondary N) is 1. The molecule has 0 spiro atoms. The summed E-state index contributed by atoms with van der Waals surface area (Å²) in [6.45, 7) is 9.52. The number of benzene rings is 1. The Kier molecular flexibility index (Phi) is 6.51. The van der Waals surface area contributed by atoms with E-state index in [9.17, 15) is 0 Å². The highest BCUT2D eigenvalue weighted by Crippen LogP contribution is 2.26. The monoisotopic (exact) mass is 269 g/mol. The molecule has 1 aromatic carbocycles. The van der Waals surface area contributed by atoms with Gasteiger partial charge in [0, 0.05) is 6.04 Å². The van der Waals surface area contributed by atoms with Gasteiger partial charge in [-0.2, -0.15) is 0 Å². The van der Waals surface area contributed by atoms with E-state index in [-0.39, 0.29) is 6.10 Å². The first kappa shape index (κ1) is 15.3. The molecule has 3 heteroatoms. The van der Waals surface area contributed by atoms with Crippen molar-refractivity contribution in [2.24, 2.45) is 0 Å².